The zero-order chi connectivity index (χ0) is 12.0. The van der Waals surface area contributed by atoms with Crippen molar-refractivity contribution in [3.63, 3.8) is 0 Å². The van der Waals surface area contributed by atoms with E-state index in [1.807, 2.05) is 0 Å². The van der Waals surface area contributed by atoms with Gasteiger partial charge in [0.15, 0.2) is 0 Å². The maximum atomic E-state index is 10.9. The molecule has 0 atom stereocenters. The molecule has 0 spiro atoms. The number of pyridine rings is 1. The third-order valence-electron chi connectivity index (χ3n) is 1.60. The normalized spacial score (nSPS) is 9.62. The second-order valence-electron chi connectivity index (χ2n) is 2.84. The summed E-state index contributed by atoms with van der Waals surface area (Å²) in [6.07, 6.45) is 1.37. The highest BCUT2D eigenvalue weighted by Gasteiger charge is 2.04. The van der Waals surface area contributed by atoms with Crippen molar-refractivity contribution in [2.24, 2.45) is 0 Å². The Bertz CT molecular complexity index is 361. The fourth-order valence-corrected chi connectivity index (χ4v) is 0.960. The predicted molar refractivity (Wildman–Crippen MR) is 55.7 cm³/mol. The predicted octanol–water partition coefficient (Wildman–Crippen LogP) is -1.06. The fraction of sp³-hybridized carbons (Fsp3) is 0.222. The van der Waals surface area contributed by atoms with Crippen LogP contribution in [-0.4, -0.2) is 40.2 Å². The van der Waals surface area contributed by atoms with Crippen LogP contribution in [0, 0.1) is 0 Å². The second kappa shape index (κ2) is 5.79. The van der Waals surface area contributed by atoms with Gasteiger partial charge in [-0.1, -0.05) is 0 Å². The fourth-order valence-electron chi connectivity index (χ4n) is 0.960. The summed E-state index contributed by atoms with van der Waals surface area (Å²) in [7, 11) is 0. The highest BCUT2D eigenvalue weighted by Crippen LogP contribution is 2.11. The van der Waals surface area contributed by atoms with Gasteiger partial charge in [-0.3, -0.25) is 9.59 Å². The number of carbonyl (C=O) groups excluding carboxylic acids is 2. The Labute approximate surface area is 91.1 Å². The first-order chi connectivity index (χ1) is 7.65. The Hall–Kier alpha value is -1.99. The first kappa shape index (κ1) is 12.1. The molecule has 1 rings (SSSR count). The number of nitrogens with zero attached hydrogens (tertiary/aromatic N) is 1. The molecule has 1 aromatic heterocycles. The molecule has 1 heterocycles. The number of aliphatic hydroxyl groups excluding tert-OH is 2. The third-order valence-corrected chi connectivity index (χ3v) is 1.60. The van der Waals surface area contributed by atoms with Crippen LogP contribution in [0.15, 0.2) is 18.3 Å². The lowest BCUT2D eigenvalue weighted by molar-refractivity contribution is -0.119. The number of nitrogens with one attached hydrogen (secondary N) is 2. The molecule has 4 N–H and O–H groups in total. The molecule has 0 saturated carbocycles. The van der Waals surface area contributed by atoms with Crippen LogP contribution in [0.4, 0.5) is 11.5 Å². The molecule has 0 saturated heterocycles. The summed E-state index contributed by atoms with van der Waals surface area (Å²) in [6, 6.07) is 2.91. The van der Waals surface area contributed by atoms with Crippen molar-refractivity contribution in [3.8, 4) is 0 Å². The highest BCUT2D eigenvalue weighted by atomic mass is 16.3. The SMILES string of the molecule is O=C(CO)Nc1ccnc(NC(=O)CO)c1. The molecule has 0 aliphatic carbocycles. The van der Waals surface area contributed by atoms with E-state index in [1.54, 1.807) is 0 Å². The molecule has 86 valence electrons. The van der Waals surface area contributed by atoms with Crippen molar-refractivity contribution in [1.29, 1.82) is 0 Å². The Morgan fingerprint density at radius 1 is 1.19 bits per heavy atom. The van der Waals surface area contributed by atoms with Crippen LogP contribution >= 0.6 is 0 Å². The molecule has 1 aromatic rings. The van der Waals surface area contributed by atoms with Crippen LogP contribution in [0.2, 0.25) is 0 Å². The average molecular weight is 225 g/mol. The van der Waals surface area contributed by atoms with Crippen molar-refractivity contribution < 1.29 is 19.8 Å². The quantitative estimate of drug-likeness (QED) is 0.522. The van der Waals surface area contributed by atoms with Crippen molar-refractivity contribution in [2.75, 3.05) is 23.8 Å². The highest BCUT2D eigenvalue weighted by molar-refractivity contribution is 5.93. The van der Waals surface area contributed by atoms with E-state index in [9.17, 15) is 9.59 Å². The van der Waals surface area contributed by atoms with Crippen LogP contribution in [0.1, 0.15) is 0 Å². The van der Waals surface area contributed by atoms with Gasteiger partial charge < -0.3 is 20.8 Å². The Morgan fingerprint density at radius 3 is 2.44 bits per heavy atom. The molecule has 0 aliphatic rings. The Morgan fingerprint density at radius 2 is 1.81 bits per heavy atom. The Kier molecular flexibility index (Phi) is 4.37. The first-order valence-electron chi connectivity index (χ1n) is 4.43. The van der Waals surface area contributed by atoms with Gasteiger partial charge in [0.25, 0.3) is 5.91 Å². The molecule has 7 heteroatoms. The molecule has 7 nitrogen and oxygen atoms in total. The molecule has 0 fully saturated rings. The number of amides is 2. The summed E-state index contributed by atoms with van der Waals surface area (Å²) in [5.41, 5.74) is 0.391. The van der Waals surface area contributed by atoms with E-state index in [-0.39, 0.29) is 5.82 Å². The van der Waals surface area contributed by atoms with Gasteiger partial charge in [0.05, 0.1) is 0 Å². The molecule has 0 bridgehead atoms. The summed E-state index contributed by atoms with van der Waals surface area (Å²) in [5.74, 6) is -0.960. The number of hydrogen-bond donors (Lipinski definition) is 4. The van der Waals surface area contributed by atoms with Gasteiger partial charge in [-0.15, -0.1) is 0 Å². The number of rotatable bonds is 4. The topological polar surface area (TPSA) is 112 Å². The van der Waals surface area contributed by atoms with Gasteiger partial charge in [-0.2, -0.15) is 0 Å². The maximum absolute atomic E-state index is 10.9. The zero-order valence-corrected chi connectivity index (χ0v) is 8.30. The summed E-state index contributed by atoms with van der Waals surface area (Å²) in [4.78, 5) is 25.5. The molecule has 0 aromatic carbocycles. The van der Waals surface area contributed by atoms with Crippen molar-refractivity contribution in [2.45, 2.75) is 0 Å². The summed E-state index contributed by atoms with van der Waals surface area (Å²) in [6.45, 7) is -1.27. The van der Waals surface area contributed by atoms with E-state index in [2.05, 4.69) is 15.6 Å². The van der Waals surface area contributed by atoms with Gasteiger partial charge in [0.1, 0.15) is 19.0 Å². The monoisotopic (exact) mass is 225 g/mol. The van der Waals surface area contributed by atoms with E-state index >= 15 is 0 Å². The lowest BCUT2D eigenvalue weighted by Crippen LogP contribution is -2.18. The minimum atomic E-state index is -0.644. The molecule has 0 aliphatic heterocycles. The molecule has 16 heavy (non-hydrogen) atoms. The average Bonchev–Trinajstić information content (AvgIpc) is 2.29. The summed E-state index contributed by atoms with van der Waals surface area (Å²) in [5, 5.41) is 21.7. The van der Waals surface area contributed by atoms with Crippen molar-refractivity contribution in [1.82, 2.24) is 4.98 Å². The number of aromatic nitrogens is 1. The third kappa shape index (κ3) is 3.64. The van der Waals surface area contributed by atoms with Gasteiger partial charge in [0, 0.05) is 18.0 Å². The van der Waals surface area contributed by atoms with Crippen LogP contribution in [-0.2, 0) is 9.59 Å². The minimum absolute atomic E-state index is 0.204. The van der Waals surface area contributed by atoms with Gasteiger partial charge in [-0.25, -0.2) is 4.98 Å². The van der Waals surface area contributed by atoms with Crippen molar-refractivity contribution in [3.05, 3.63) is 18.3 Å². The number of aliphatic hydroxyl groups is 2. The van der Waals surface area contributed by atoms with Crippen LogP contribution in [0.25, 0.3) is 0 Å². The molecule has 2 amide bonds. The Balaban J connectivity index is 2.71. The lowest BCUT2D eigenvalue weighted by Gasteiger charge is -2.05. The van der Waals surface area contributed by atoms with Crippen LogP contribution in [0.3, 0.4) is 0 Å². The zero-order valence-electron chi connectivity index (χ0n) is 8.30. The van der Waals surface area contributed by atoms with E-state index in [0.717, 1.165) is 0 Å². The maximum Gasteiger partial charge on any atom is 0.251 e. The lowest BCUT2D eigenvalue weighted by atomic mass is 10.3. The molecule has 0 radical (unpaired) electrons. The van der Waals surface area contributed by atoms with E-state index in [1.165, 1.54) is 18.3 Å². The summed E-state index contributed by atoms with van der Waals surface area (Å²) >= 11 is 0. The van der Waals surface area contributed by atoms with Gasteiger partial charge >= 0.3 is 0 Å². The van der Waals surface area contributed by atoms with E-state index < -0.39 is 25.0 Å². The smallest absolute Gasteiger partial charge is 0.251 e. The molecular weight excluding hydrogens is 214 g/mol. The number of carbonyl (C=O) groups is 2. The first-order valence-corrected chi connectivity index (χ1v) is 4.43. The van der Waals surface area contributed by atoms with Crippen LogP contribution in [0.5, 0.6) is 0 Å². The second-order valence-corrected chi connectivity index (χ2v) is 2.84. The standard InChI is InChI=1S/C9H11N3O4/c13-4-8(15)11-6-1-2-10-7(3-6)12-9(16)5-14/h1-3,13-14H,4-5H2,(H2,10,11,12,15,16). The molecular formula is C9H11N3O4. The summed E-state index contributed by atoms with van der Waals surface area (Å²) < 4.78 is 0. The van der Waals surface area contributed by atoms with E-state index in [4.69, 9.17) is 10.2 Å². The van der Waals surface area contributed by atoms with Gasteiger partial charge in [0.2, 0.25) is 5.91 Å². The van der Waals surface area contributed by atoms with Gasteiger partial charge in [-0.05, 0) is 6.07 Å². The van der Waals surface area contributed by atoms with Crippen molar-refractivity contribution >= 4 is 23.3 Å². The minimum Gasteiger partial charge on any atom is -0.387 e. The van der Waals surface area contributed by atoms with Crippen LogP contribution < -0.4 is 10.6 Å². The number of hydrogen-bond acceptors (Lipinski definition) is 5. The van der Waals surface area contributed by atoms with E-state index in [0.29, 0.717) is 5.69 Å². The number of anilines is 2. The molecule has 0 unspecified atom stereocenters. The largest absolute Gasteiger partial charge is 0.387 e.